The first kappa shape index (κ1) is 15.1. The number of thioether (sulfide) groups is 1. The summed E-state index contributed by atoms with van der Waals surface area (Å²) in [7, 11) is 0. The summed E-state index contributed by atoms with van der Waals surface area (Å²) >= 11 is 1.66. The maximum Gasteiger partial charge on any atom is 0.230 e. The van der Waals surface area contributed by atoms with Crippen molar-refractivity contribution in [3.63, 3.8) is 0 Å². The molecule has 0 aliphatic carbocycles. The summed E-state index contributed by atoms with van der Waals surface area (Å²) in [5, 5.41) is 3.01. The highest BCUT2D eigenvalue weighted by atomic mass is 32.2. The van der Waals surface area contributed by atoms with E-state index in [0.29, 0.717) is 11.7 Å². The summed E-state index contributed by atoms with van der Waals surface area (Å²) in [6.45, 7) is 8.36. The summed E-state index contributed by atoms with van der Waals surface area (Å²) in [5.74, 6) is 2.04. The van der Waals surface area contributed by atoms with Crippen LogP contribution in [0.1, 0.15) is 31.9 Å². The molecule has 18 heavy (non-hydrogen) atoms. The minimum Gasteiger partial charge on any atom is -0.353 e. The fourth-order valence-electron chi connectivity index (χ4n) is 1.41. The molecule has 0 heterocycles. The molecule has 1 aromatic rings. The molecule has 1 aromatic carbocycles. The van der Waals surface area contributed by atoms with Gasteiger partial charge in [-0.1, -0.05) is 43.7 Å². The van der Waals surface area contributed by atoms with Gasteiger partial charge in [0, 0.05) is 11.8 Å². The first-order valence-electron chi connectivity index (χ1n) is 6.41. The average Bonchev–Trinajstić information content (AvgIpc) is 2.31. The van der Waals surface area contributed by atoms with Crippen LogP contribution in [-0.2, 0) is 10.5 Å². The van der Waals surface area contributed by atoms with Crippen molar-refractivity contribution in [3.05, 3.63) is 35.4 Å². The highest BCUT2D eigenvalue weighted by Crippen LogP contribution is 2.13. The molecule has 0 spiro atoms. The molecular weight excluding hydrogens is 242 g/mol. The number of hydrogen-bond acceptors (Lipinski definition) is 2. The third kappa shape index (κ3) is 5.58. The molecule has 0 aromatic heterocycles. The lowest BCUT2D eigenvalue weighted by molar-refractivity contribution is -0.119. The van der Waals surface area contributed by atoms with Crippen LogP contribution in [0.15, 0.2) is 24.3 Å². The van der Waals surface area contributed by atoms with Gasteiger partial charge in [0.25, 0.3) is 0 Å². The Bertz CT molecular complexity index is 373. The minimum atomic E-state index is 0.133. The first-order chi connectivity index (χ1) is 8.49. The summed E-state index contributed by atoms with van der Waals surface area (Å²) < 4.78 is 0. The van der Waals surface area contributed by atoms with Gasteiger partial charge in [-0.2, -0.15) is 0 Å². The van der Waals surface area contributed by atoms with Crippen LogP contribution >= 0.6 is 11.8 Å². The SMILES string of the molecule is Cc1ccc(CSCC(=O)N[C@@H](C)C(C)C)cc1. The highest BCUT2D eigenvalue weighted by molar-refractivity contribution is 7.99. The second-order valence-corrected chi connectivity index (χ2v) is 6.06. The Hall–Kier alpha value is -0.960. The molecule has 100 valence electrons. The zero-order valence-electron chi connectivity index (χ0n) is 11.7. The normalized spacial score (nSPS) is 12.5. The van der Waals surface area contributed by atoms with Crippen LogP contribution in [0.25, 0.3) is 0 Å². The molecule has 0 saturated heterocycles. The average molecular weight is 265 g/mol. The Kier molecular flexibility index (Phi) is 6.27. The number of aryl methyl sites for hydroxylation is 1. The van der Waals surface area contributed by atoms with E-state index in [1.54, 1.807) is 11.8 Å². The van der Waals surface area contributed by atoms with Gasteiger partial charge in [0.15, 0.2) is 0 Å². The highest BCUT2D eigenvalue weighted by Gasteiger charge is 2.10. The number of rotatable bonds is 6. The lowest BCUT2D eigenvalue weighted by Gasteiger charge is -2.17. The second kappa shape index (κ2) is 7.47. The molecule has 0 bridgehead atoms. The van der Waals surface area contributed by atoms with Crippen molar-refractivity contribution in [2.45, 2.75) is 39.5 Å². The number of nitrogens with one attached hydrogen (secondary N) is 1. The van der Waals surface area contributed by atoms with Crippen molar-refractivity contribution in [3.8, 4) is 0 Å². The molecule has 0 saturated carbocycles. The van der Waals surface area contributed by atoms with Crippen LogP contribution in [0.3, 0.4) is 0 Å². The first-order valence-corrected chi connectivity index (χ1v) is 7.57. The van der Waals surface area contributed by atoms with Crippen molar-refractivity contribution in [1.82, 2.24) is 5.32 Å². The number of carbonyl (C=O) groups excluding carboxylic acids is 1. The van der Waals surface area contributed by atoms with E-state index >= 15 is 0 Å². The fraction of sp³-hybridized carbons (Fsp3) is 0.533. The number of carbonyl (C=O) groups is 1. The third-order valence-electron chi connectivity index (χ3n) is 3.01. The summed E-state index contributed by atoms with van der Waals surface area (Å²) in [5.41, 5.74) is 2.54. The lowest BCUT2D eigenvalue weighted by Crippen LogP contribution is -2.37. The Balaban J connectivity index is 2.25. The molecule has 1 amide bonds. The van der Waals surface area contributed by atoms with Crippen LogP contribution in [0.5, 0.6) is 0 Å². The molecule has 2 nitrogen and oxygen atoms in total. The van der Waals surface area contributed by atoms with Crippen LogP contribution < -0.4 is 5.32 Å². The number of hydrogen-bond donors (Lipinski definition) is 1. The van der Waals surface area contributed by atoms with E-state index in [2.05, 4.69) is 50.4 Å². The van der Waals surface area contributed by atoms with Crippen LogP contribution in [0, 0.1) is 12.8 Å². The Morgan fingerprint density at radius 3 is 2.39 bits per heavy atom. The molecule has 0 aliphatic rings. The number of amides is 1. The summed E-state index contributed by atoms with van der Waals surface area (Å²) in [6, 6.07) is 8.71. The van der Waals surface area contributed by atoms with Gasteiger partial charge in [-0.25, -0.2) is 0 Å². The van der Waals surface area contributed by atoms with Gasteiger partial charge in [0.2, 0.25) is 5.91 Å². The van der Waals surface area contributed by atoms with E-state index < -0.39 is 0 Å². The predicted molar refractivity (Wildman–Crippen MR) is 79.8 cm³/mol. The van der Waals surface area contributed by atoms with Crippen molar-refractivity contribution >= 4 is 17.7 Å². The van der Waals surface area contributed by atoms with Gasteiger partial charge in [-0.05, 0) is 25.3 Å². The fourth-order valence-corrected chi connectivity index (χ4v) is 2.21. The van der Waals surface area contributed by atoms with Gasteiger partial charge in [-0.3, -0.25) is 4.79 Å². The van der Waals surface area contributed by atoms with Gasteiger partial charge in [-0.15, -0.1) is 11.8 Å². The van der Waals surface area contributed by atoms with Crippen LogP contribution in [0.2, 0.25) is 0 Å². The molecular formula is C15H23NOS. The topological polar surface area (TPSA) is 29.1 Å². The molecule has 0 unspecified atom stereocenters. The van der Waals surface area contributed by atoms with Crippen molar-refractivity contribution in [2.24, 2.45) is 5.92 Å². The molecule has 3 heteroatoms. The van der Waals surface area contributed by atoms with Crippen LogP contribution in [-0.4, -0.2) is 17.7 Å². The quantitative estimate of drug-likeness (QED) is 0.854. The summed E-state index contributed by atoms with van der Waals surface area (Å²) in [4.78, 5) is 11.7. The maximum absolute atomic E-state index is 11.7. The Morgan fingerprint density at radius 2 is 1.83 bits per heavy atom. The maximum atomic E-state index is 11.7. The second-order valence-electron chi connectivity index (χ2n) is 5.08. The van der Waals surface area contributed by atoms with E-state index in [0.717, 1.165) is 5.75 Å². The third-order valence-corrected chi connectivity index (χ3v) is 4.01. The standard InChI is InChI=1S/C15H23NOS/c1-11(2)13(4)16-15(17)10-18-9-14-7-5-12(3)6-8-14/h5-8,11,13H,9-10H2,1-4H3,(H,16,17)/t13-/m0/s1. The van der Waals surface area contributed by atoms with E-state index in [9.17, 15) is 4.79 Å². The lowest BCUT2D eigenvalue weighted by atomic mass is 10.1. The van der Waals surface area contributed by atoms with Crippen molar-refractivity contribution < 1.29 is 4.79 Å². The van der Waals surface area contributed by atoms with E-state index in [4.69, 9.17) is 0 Å². The Labute approximate surface area is 115 Å². The van der Waals surface area contributed by atoms with E-state index in [-0.39, 0.29) is 11.9 Å². The van der Waals surface area contributed by atoms with Gasteiger partial charge < -0.3 is 5.32 Å². The van der Waals surface area contributed by atoms with Crippen LogP contribution in [0.4, 0.5) is 0 Å². The monoisotopic (exact) mass is 265 g/mol. The molecule has 1 rings (SSSR count). The molecule has 1 atom stereocenters. The smallest absolute Gasteiger partial charge is 0.230 e. The predicted octanol–water partition coefficient (Wildman–Crippen LogP) is 3.39. The molecule has 0 fully saturated rings. The molecule has 0 radical (unpaired) electrons. The van der Waals surface area contributed by atoms with Crippen molar-refractivity contribution in [1.29, 1.82) is 0 Å². The molecule has 1 N–H and O–H groups in total. The minimum absolute atomic E-state index is 0.133. The van der Waals surface area contributed by atoms with Crippen molar-refractivity contribution in [2.75, 3.05) is 5.75 Å². The molecule has 0 aliphatic heterocycles. The Morgan fingerprint density at radius 1 is 1.22 bits per heavy atom. The summed E-state index contributed by atoms with van der Waals surface area (Å²) in [6.07, 6.45) is 0. The largest absolute Gasteiger partial charge is 0.353 e. The van der Waals surface area contributed by atoms with E-state index in [1.807, 2.05) is 6.92 Å². The number of benzene rings is 1. The van der Waals surface area contributed by atoms with Gasteiger partial charge in [0.05, 0.1) is 5.75 Å². The zero-order valence-corrected chi connectivity index (χ0v) is 12.5. The zero-order chi connectivity index (χ0) is 13.5. The van der Waals surface area contributed by atoms with E-state index in [1.165, 1.54) is 11.1 Å². The van der Waals surface area contributed by atoms with Gasteiger partial charge >= 0.3 is 0 Å². The van der Waals surface area contributed by atoms with Gasteiger partial charge in [0.1, 0.15) is 0 Å².